The quantitative estimate of drug-likeness (QED) is 0.0222. The molecule has 0 aromatic carbocycles. The van der Waals surface area contributed by atoms with Crippen molar-refractivity contribution in [2.24, 2.45) is 23.7 Å². The van der Waals surface area contributed by atoms with Crippen LogP contribution in [0.15, 0.2) is 0 Å². The van der Waals surface area contributed by atoms with Crippen molar-refractivity contribution < 1.29 is 80.2 Å². The Kier molecular flexibility index (Phi) is 65.0. The summed E-state index contributed by atoms with van der Waals surface area (Å²) in [6.45, 7) is 14.2. The molecule has 0 aromatic rings. The molecular weight excluding hydrogens is 1260 g/mol. The highest BCUT2D eigenvalue weighted by molar-refractivity contribution is 7.47. The lowest BCUT2D eigenvalue weighted by atomic mass is 9.99. The number of phosphoric acid groups is 2. The van der Waals surface area contributed by atoms with Gasteiger partial charge in [0.2, 0.25) is 0 Å². The maximum atomic E-state index is 13.1. The Labute approximate surface area is 588 Å². The van der Waals surface area contributed by atoms with Crippen LogP contribution in [-0.4, -0.2) is 96.7 Å². The summed E-state index contributed by atoms with van der Waals surface area (Å²) in [6.07, 6.45) is 51.5. The highest BCUT2D eigenvalue weighted by Gasteiger charge is 2.30. The summed E-state index contributed by atoms with van der Waals surface area (Å²) in [6, 6.07) is 0. The third-order valence-electron chi connectivity index (χ3n) is 18.5. The topological polar surface area (TPSA) is 237 Å². The zero-order chi connectivity index (χ0) is 71.0. The predicted octanol–water partition coefficient (Wildman–Crippen LogP) is 22.4. The van der Waals surface area contributed by atoms with Gasteiger partial charge in [0.1, 0.15) is 19.3 Å². The van der Waals surface area contributed by atoms with Crippen molar-refractivity contribution in [3.8, 4) is 0 Å². The third kappa shape index (κ3) is 67.9. The number of ether oxygens (including phenoxy) is 4. The molecule has 96 heavy (non-hydrogen) atoms. The highest BCUT2D eigenvalue weighted by atomic mass is 31.2. The van der Waals surface area contributed by atoms with Crippen LogP contribution in [0.3, 0.4) is 0 Å². The van der Waals surface area contributed by atoms with Crippen molar-refractivity contribution in [3.05, 3.63) is 0 Å². The molecule has 0 aliphatic carbocycles. The lowest BCUT2D eigenvalue weighted by Crippen LogP contribution is -2.30. The van der Waals surface area contributed by atoms with Gasteiger partial charge in [-0.1, -0.05) is 338 Å². The second kappa shape index (κ2) is 66.3. The molecule has 5 unspecified atom stereocenters. The van der Waals surface area contributed by atoms with E-state index in [-0.39, 0.29) is 25.7 Å². The summed E-state index contributed by atoms with van der Waals surface area (Å²) >= 11 is 0. The highest BCUT2D eigenvalue weighted by Crippen LogP contribution is 2.45. The molecule has 570 valence electrons. The fourth-order valence-electron chi connectivity index (χ4n) is 11.7. The molecule has 0 aliphatic rings. The Balaban J connectivity index is 5.16. The molecule has 0 amide bonds. The Hall–Kier alpha value is -1.94. The molecule has 0 saturated heterocycles. The minimum atomic E-state index is -4.96. The second-order valence-electron chi connectivity index (χ2n) is 29.2. The molecular formula is C77H150O17P2. The summed E-state index contributed by atoms with van der Waals surface area (Å²) in [4.78, 5) is 72.8. The Morgan fingerprint density at radius 3 is 0.740 bits per heavy atom. The zero-order valence-corrected chi connectivity index (χ0v) is 64.8. The van der Waals surface area contributed by atoms with Gasteiger partial charge in [0.15, 0.2) is 12.2 Å². The molecule has 0 spiro atoms. The van der Waals surface area contributed by atoms with Crippen LogP contribution in [0.2, 0.25) is 0 Å². The minimum absolute atomic E-state index is 0.104. The number of esters is 4. The van der Waals surface area contributed by atoms with E-state index < -0.39 is 97.5 Å². The number of phosphoric ester groups is 2. The van der Waals surface area contributed by atoms with Crippen molar-refractivity contribution in [2.75, 3.05) is 39.6 Å². The van der Waals surface area contributed by atoms with E-state index in [1.165, 1.54) is 193 Å². The zero-order valence-electron chi connectivity index (χ0n) is 63.0. The molecule has 0 aliphatic heterocycles. The molecule has 0 bridgehead atoms. The number of hydrogen-bond acceptors (Lipinski definition) is 15. The van der Waals surface area contributed by atoms with E-state index in [0.717, 1.165) is 114 Å². The maximum absolute atomic E-state index is 13.1. The van der Waals surface area contributed by atoms with Crippen molar-refractivity contribution in [3.63, 3.8) is 0 Å². The molecule has 7 atom stereocenters. The maximum Gasteiger partial charge on any atom is 0.472 e. The summed E-state index contributed by atoms with van der Waals surface area (Å²) < 4.78 is 68.5. The fraction of sp³-hybridized carbons (Fsp3) is 0.948. The first kappa shape index (κ1) is 94.1. The van der Waals surface area contributed by atoms with Gasteiger partial charge in [-0.05, 0) is 49.4 Å². The van der Waals surface area contributed by atoms with Crippen molar-refractivity contribution in [1.29, 1.82) is 0 Å². The molecule has 0 rings (SSSR count). The average Bonchev–Trinajstić information content (AvgIpc) is 2.89. The monoisotopic (exact) mass is 1410 g/mol. The summed E-state index contributed by atoms with van der Waals surface area (Å²) in [7, 11) is -9.91. The number of aliphatic hydroxyl groups is 1. The molecule has 0 aromatic heterocycles. The fourth-order valence-corrected chi connectivity index (χ4v) is 13.2. The van der Waals surface area contributed by atoms with Crippen LogP contribution in [0.1, 0.15) is 389 Å². The number of carbonyl (C=O) groups excluding carboxylic acids is 4. The Morgan fingerprint density at radius 2 is 0.500 bits per heavy atom. The SMILES string of the molecule is CCC(C)CCCCCCCCCCCCCCCCCCCCC(=O)OC[C@H](COP(=O)(O)OCC(O)COP(=O)(O)OC[C@@H](COC(=O)CCCCCCCCCCC(C)C)OC(=O)CCCCCCCCCCC(C)C)OC(=O)CCCCCCCCCCC(C)CC. The molecule has 0 saturated carbocycles. The van der Waals surface area contributed by atoms with E-state index in [4.69, 9.17) is 37.0 Å². The molecule has 19 heteroatoms. The van der Waals surface area contributed by atoms with Gasteiger partial charge in [0.05, 0.1) is 26.4 Å². The Bertz CT molecular complexity index is 1890. The lowest BCUT2D eigenvalue weighted by molar-refractivity contribution is -0.161. The summed E-state index contributed by atoms with van der Waals surface area (Å²) in [5.41, 5.74) is 0. The van der Waals surface area contributed by atoms with E-state index in [1.54, 1.807) is 0 Å². The van der Waals surface area contributed by atoms with Gasteiger partial charge in [-0.25, -0.2) is 9.13 Å². The summed E-state index contributed by atoms with van der Waals surface area (Å²) in [5, 5.41) is 10.6. The van der Waals surface area contributed by atoms with Gasteiger partial charge in [-0.2, -0.15) is 0 Å². The number of rotatable bonds is 74. The van der Waals surface area contributed by atoms with E-state index in [2.05, 4.69) is 55.4 Å². The normalized spacial score (nSPS) is 14.7. The van der Waals surface area contributed by atoms with Crippen LogP contribution in [0.5, 0.6) is 0 Å². The van der Waals surface area contributed by atoms with Crippen molar-refractivity contribution in [2.45, 2.75) is 408 Å². The summed E-state index contributed by atoms with van der Waals surface area (Å²) in [5.74, 6) is 0.963. The first-order valence-corrected chi connectivity index (χ1v) is 42.8. The van der Waals surface area contributed by atoms with E-state index in [9.17, 15) is 43.2 Å². The van der Waals surface area contributed by atoms with Crippen molar-refractivity contribution in [1.82, 2.24) is 0 Å². The van der Waals surface area contributed by atoms with Crippen LogP contribution >= 0.6 is 15.6 Å². The van der Waals surface area contributed by atoms with Gasteiger partial charge >= 0.3 is 39.5 Å². The van der Waals surface area contributed by atoms with Crippen LogP contribution < -0.4 is 0 Å². The lowest BCUT2D eigenvalue weighted by Gasteiger charge is -2.21. The smallest absolute Gasteiger partial charge is 0.462 e. The standard InChI is InChI=1S/C77H150O17P2/c1-9-69(7)55-47-39-31-21-19-17-15-13-11-12-14-16-18-20-22-33-41-49-57-74(79)87-63-72(94-77(82)60-52-44-36-28-25-32-40-48-56-70(8)10-2)65-91-95(83,84)89-61-71(78)62-90-96(85,86)92-66-73(93-76(81)59-51-43-35-27-24-30-38-46-54-68(5)6)64-88-75(80)58-50-42-34-26-23-29-37-45-53-67(3)4/h67-73,78H,9-66H2,1-8H3,(H,83,84)(H,85,86)/t69?,70?,71?,72-,73-/m1/s1. The van der Waals surface area contributed by atoms with Crippen LogP contribution in [0.25, 0.3) is 0 Å². The van der Waals surface area contributed by atoms with Crippen LogP contribution in [-0.2, 0) is 65.4 Å². The van der Waals surface area contributed by atoms with Gasteiger partial charge in [0.25, 0.3) is 0 Å². The van der Waals surface area contributed by atoms with Gasteiger partial charge in [0, 0.05) is 25.7 Å². The van der Waals surface area contributed by atoms with Crippen LogP contribution in [0.4, 0.5) is 0 Å². The molecule has 0 heterocycles. The van der Waals surface area contributed by atoms with E-state index >= 15 is 0 Å². The molecule has 0 radical (unpaired) electrons. The van der Waals surface area contributed by atoms with Gasteiger partial charge < -0.3 is 33.8 Å². The van der Waals surface area contributed by atoms with Crippen LogP contribution in [0, 0.1) is 23.7 Å². The van der Waals surface area contributed by atoms with E-state index in [0.29, 0.717) is 25.7 Å². The number of aliphatic hydroxyl groups excluding tert-OH is 1. The third-order valence-corrected chi connectivity index (χ3v) is 20.4. The minimum Gasteiger partial charge on any atom is -0.462 e. The number of unbranched alkanes of at least 4 members (excludes halogenated alkanes) is 38. The largest absolute Gasteiger partial charge is 0.472 e. The second-order valence-corrected chi connectivity index (χ2v) is 32.1. The van der Waals surface area contributed by atoms with Gasteiger partial charge in [-0.15, -0.1) is 0 Å². The Morgan fingerprint density at radius 1 is 0.292 bits per heavy atom. The molecule has 3 N–H and O–H groups in total. The first-order chi connectivity index (χ1) is 46.2. The average molecular weight is 1410 g/mol. The number of hydrogen-bond donors (Lipinski definition) is 3. The number of carbonyl (C=O) groups is 4. The molecule has 17 nitrogen and oxygen atoms in total. The predicted molar refractivity (Wildman–Crippen MR) is 391 cm³/mol. The van der Waals surface area contributed by atoms with Crippen molar-refractivity contribution >= 4 is 39.5 Å². The molecule has 0 fully saturated rings. The first-order valence-electron chi connectivity index (χ1n) is 39.8. The van der Waals surface area contributed by atoms with E-state index in [1.807, 2.05) is 0 Å². The van der Waals surface area contributed by atoms with Gasteiger partial charge in [-0.3, -0.25) is 37.3 Å².